The van der Waals surface area contributed by atoms with E-state index < -0.39 is 0 Å². The molecule has 0 N–H and O–H groups in total. The number of fused-ring (bicyclic) bond motifs is 1. The summed E-state index contributed by atoms with van der Waals surface area (Å²) in [4.78, 5) is 4.24. The Morgan fingerprint density at radius 3 is 2.53 bits per heavy atom. The van der Waals surface area contributed by atoms with Gasteiger partial charge in [0.25, 0.3) is 0 Å². The zero-order valence-corrected chi connectivity index (χ0v) is 9.74. The molecule has 2 nitrogen and oxygen atoms in total. The number of hydrogen-bond acceptors (Lipinski definition) is 2. The molecular weight excluding hydrogens is 186 g/mol. The molecule has 2 aromatic rings. The molecule has 0 unspecified atom stereocenters. The number of aromatic nitrogens is 1. The molecule has 0 amide bonds. The highest BCUT2D eigenvalue weighted by Crippen LogP contribution is 2.26. The van der Waals surface area contributed by atoms with Gasteiger partial charge >= 0.3 is 0 Å². The maximum Gasteiger partial charge on any atom is 0.128 e. The van der Waals surface area contributed by atoms with Crippen molar-refractivity contribution in [1.82, 2.24) is 4.98 Å². The Hall–Kier alpha value is -1.57. The molecule has 0 aliphatic carbocycles. The van der Waals surface area contributed by atoms with Crippen LogP contribution in [0.25, 0.3) is 10.8 Å². The molecule has 0 atom stereocenters. The third-order valence-corrected chi connectivity index (χ3v) is 2.16. The van der Waals surface area contributed by atoms with Crippen LogP contribution in [0.4, 0.5) is 0 Å². The number of hydrogen-bond donors (Lipinski definition) is 0. The normalized spacial score (nSPS) is 9.33. The van der Waals surface area contributed by atoms with E-state index in [4.69, 9.17) is 4.74 Å². The average molecular weight is 203 g/mol. The second-order valence-electron chi connectivity index (χ2n) is 2.95. The predicted molar refractivity (Wildman–Crippen MR) is 64.4 cm³/mol. The highest BCUT2D eigenvalue weighted by molar-refractivity contribution is 5.89. The number of rotatable bonds is 1. The summed E-state index contributed by atoms with van der Waals surface area (Å²) in [6.45, 7) is 5.99. The molecule has 0 fully saturated rings. The van der Waals surface area contributed by atoms with Crippen molar-refractivity contribution >= 4 is 10.8 Å². The molecule has 1 aromatic heterocycles. The van der Waals surface area contributed by atoms with Crippen molar-refractivity contribution in [3.8, 4) is 5.75 Å². The highest BCUT2D eigenvalue weighted by atomic mass is 16.5. The van der Waals surface area contributed by atoms with E-state index in [0.717, 1.165) is 16.8 Å². The Kier molecular flexibility index (Phi) is 4.10. The monoisotopic (exact) mass is 203 g/mol. The quantitative estimate of drug-likeness (QED) is 0.706. The minimum absolute atomic E-state index is 0.892. The smallest absolute Gasteiger partial charge is 0.128 e. The molecule has 0 radical (unpaired) electrons. The van der Waals surface area contributed by atoms with Gasteiger partial charge in [-0.2, -0.15) is 0 Å². The van der Waals surface area contributed by atoms with Gasteiger partial charge in [-0.05, 0) is 24.4 Å². The molecule has 0 saturated carbocycles. The predicted octanol–water partition coefficient (Wildman–Crippen LogP) is 3.58. The van der Waals surface area contributed by atoms with Gasteiger partial charge in [-0.3, -0.25) is 4.98 Å². The Bertz CT molecular complexity index is 432. The molecule has 1 aromatic carbocycles. The third-order valence-electron chi connectivity index (χ3n) is 2.16. The first kappa shape index (κ1) is 11.5. The van der Waals surface area contributed by atoms with Gasteiger partial charge in [0.2, 0.25) is 0 Å². The summed E-state index contributed by atoms with van der Waals surface area (Å²) >= 11 is 0. The number of nitrogens with zero attached hydrogens (tertiary/aromatic N) is 1. The molecule has 0 spiro atoms. The van der Waals surface area contributed by atoms with E-state index in [9.17, 15) is 0 Å². The highest BCUT2D eigenvalue weighted by Gasteiger charge is 2.03. The Morgan fingerprint density at radius 1 is 1.13 bits per heavy atom. The van der Waals surface area contributed by atoms with Crippen LogP contribution < -0.4 is 4.74 Å². The SMILES string of the molecule is CC.COc1cccc2ccnc(C)c12. The molecular formula is C13H17NO. The lowest BCUT2D eigenvalue weighted by Crippen LogP contribution is -1.88. The largest absolute Gasteiger partial charge is 0.496 e. The van der Waals surface area contributed by atoms with E-state index in [1.54, 1.807) is 7.11 Å². The lowest BCUT2D eigenvalue weighted by molar-refractivity contribution is 0.419. The summed E-state index contributed by atoms with van der Waals surface area (Å²) in [6.07, 6.45) is 1.82. The van der Waals surface area contributed by atoms with Gasteiger partial charge in [0.05, 0.1) is 7.11 Å². The van der Waals surface area contributed by atoms with Crippen LogP contribution in [0.15, 0.2) is 30.5 Å². The summed E-state index contributed by atoms with van der Waals surface area (Å²) < 4.78 is 5.27. The number of methoxy groups -OCH3 is 1. The lowest BCUT2D eigenvalue weighted by Gasteiger charge is -2.06. The van der Waals surface area contributed by atoms with Crippen molar-refractivity contribution < 1.29 is 4.74 Å². The van der Waals surface area contributed by atoms with Crippen LogP contribution in [-0.4, -0.2) is 12.1 Å². The Balaban J connectivity index is 0.000000531. The van der Waals surface area contributed by atoms with Crippen LogP contribution in [0, 0.1) is 6.92 Å². The van der Waals surface area contributed by atoms with Gasteiger partial charge in [0, 0.05) is 17.3 Å². The first-order valence-corrected chi connectivity index (χ1v) is 5.21. The molecule has 2 rings (SSSR count). The van der Waals surface area contributed by atoms with Gasteiger partial charge in [-0.1, -0.05) is 26.0 Å². The zero-order chi connectivity index (χ0) is 11.3. The fraction of sp³-hybridized carbons (Fsp3) is 0.308. The first-order valence-electron chi connectivity index (χ1n) is 5.21. The van der Waals surface area contributed by atoms with Crippen molar-refractivity contribution in [3.05, 3.63) is 36.2 Å². The molecule has 0 aliphatic heterocycles. The van der Waals surface area contributed by atoms with Crippen molar-refractivity contribution in [3.63, 3.8) is 0 Å². The zero-order valence-electron chi connectivity index (χ0n) is 9.74. The minimum atomic E-state index is 0.892. The number of pyridine rings is 1. The second kappa shape index (κ2) is 5.35. The van der Waals surface area contributed by atoms with Crippen LogP contribution in [-0.2, 0) is 0 Å². The van der Waals surface area contributed by atoms with Gasteiger partial charge in [0.15, 0.2) is 0 Å². The molecule has 1 heterocycles. The van der Waals surface area contributed by atoms with Crippen molar-refractivity contribution in [2.24, 2.45) is 0 Å². The van der Waals surface area contributed by atoms with E-state index in [1.165, 1.54) is 5.39 Å². The number of ether oxygens (including phenoxy) is 1. The maximum atomic E-state index is 5.27. The standard InChI is InChI=1S/C11H11NO.C2H6/c1-8-11-9(6-7-12-8)4-3-5-10(11)13-2;1-2/h3-7H,1-2H3;1-2H3. The maximum absolute atomic E-state index is 5.27. The summed E-state index contributed by atoms with van der Waals surface area (Å²) in [6, 6.07) is 8.00. The number of aryl methyl sites for hydroxylation is 1. The average Bonchev–Trinajstić information content (AvgIpc) is 2.31. The molecule has 0 bridgehead atoms. The minimum Gasteiger partial charge on any atom is -0.496 e. The summed E-state index contributed by atoms with van der Waals surface area (Å²) in [5.41, 5.74) is 1.01. The fourth-order valence-electron chi connectivity index (χ4n) is 1.54. The van der Waals surface area contributed by atoms with Crippen molar-refractivity contribution in [2.45, 2.75) is 20.8 Å². The summed E-state index contributed by atoms with van der Waals surface area (Å²) in [5.74, 6) is 0.892. The van der Waals surface area contributed by atoms with Crippen molar-refractivity contribution in [1.29, 1.82) is 0 Å². The molecule has 0 saturated heterocycles. The molecule has 2 heteroatoms. The van der Waals surface area contributed by atoms with Gasteiger partial charge in [-0.25, -0.2) is 0 Å². The van der Waals surface area contributed by atoms with E-state index >= 15 is 0 Å². The molecule has 80 valence electrons. The van der Waals surface area contributed by atoms with Crippen LogP contribution in [0.5, 0.6) is 5.75 Å². The van der Waals surface area contributed by atoms with E-state index in [1.807, 2.05) is 45.2 Å². The Morgan fingerprint density at radius 2 is 1.87 bits per heavy atom. The van der Waals surface area contributed by atoms with E-state index in [-0.39, 0.29) is 0 Å². The number of benzene rings is 1. The van der Waals surface area contributed by atoms with E-state index in [0.29, 0.717) is 0 Å². The molecule has 0 aliphatic rings. The molecule has 15 heavy (non-hydrogen) atoms. The first-order chi connectivity index (χ1) is 7.33. The summed E-state index contributed by atoms with van der Waals surface area (Å²) in [5, 5.41) is 2.28. The topological polar surface area (TPSA) is 22.1 Å². The second-order valence-corrected chi connectivity index (χ2v) is 2.95. The van der Waals surface area contributed by atoms with E-state index in [2.05, 4.69) is 11.1 Å². The Labute approximate surface area is 90.9 Å². The van der Waals surface area contributed by atoms with Crippen LogP contribution in [0.1, 0.15) is 19.5 Å². The van der Waals surface area contributed by atoms with Crippen LogP contribution in [0.2, 0.25) is 0 Å². The summed E-state index contributed by atoms with van der Waals surface area (Å²) in [7, 11) is 1.68. The van der Waals surface area contributed by atoms with Gasteiger partial charge in [-0.15, -0.1) is 0 Å². The van der Waals surface area contributed by atoms with Crippen LogP contribution >= 0.6 is 0 Å². The third kappa shape index (κ3) is 2.27. The van der Waals surface area contributed by atoms with Gasteiger partial charge < -0.3 is 4.74 Å². The van der Waals surface area contributed by atoms with Gasteiger partial charge in [0.1, 0.15) is 5.75 Å². The fourth-order valence-corrected chi connectivity index (χ4v) is 1.54. The van der Waals surface area contributed by atoms with Crippen LogP contribution in [0.3, 0.4) is 0 Å². The van der Waals surface area contributed by atoms with Crippen molar-refractivity contribution in [2.75, 3.05) is 7.11 Å². The lowest BCUT2D eigenvalue weighted by atomic mass is 10.1.